The van der Waals surface area contributed by atoms with Crippen molar-refractivity contribution in [1.29, 1.82) is 0 Å². The highest BCUT2D eigenvalue weighted by atomic mass is 32.1. The Morgan fingerprint density at radius 3 is 2.71 bits per heavy atom. The number of fused-ring (bicyclic) bond motifs is 1. The maximum Gasteiger partial charge on any atom is 0.173 e. The van der Waals surface area contributed by atoms with E-state index < -0.39 is 0 Å². The van der Waals surface area contributed by atoms with Crippen LogP contribution in [0.5, 0.6) is 0 Å². The van der Waals surface area contributed by atoms with E-state index in [1.807, 2.05) is 0 Å². The van der Waals surface area contributed by atoms with Gasteiger partial charge < -0.3 is 15.0 Å². The van der Waals surface area contributed by atoms with Crippen LogP contribution in [-0.4, -0.2) is 55.9 Å². The molecule has 128 valence electrons. The summed E-state index contributed by atoms with van der Waals surface area (Å²) in [6.07, 6.45) is 0. The van der Waals surface area contributed by atoms with Gasteiger partial charge in [0.05, 0.1) is 18.9 Å². The monoisotopic (exact) mass is 343 g/mol. The molecule has 5 heteroatoms. The fourth-order valence-electron chi connectivity index (χ4n) is 3.11. The summed E-state index contributed by atoms with van der Waals surface area (Å²) >= 11 is 5.66. The summed E-state index contributed by atoms with van der Waals surface area (Å²) in [5, 5.41) is 6.69. The van der Waals surface area contributed by atoms with Crippen LogP contribution in [0.4, 0.5) is 5.69 Å². The third-order valence-electron chi connectivity index (χ3n) is 4.43. The van der Waals surface area contributed by atoms with Crippen LogP contribution in [-0.2, 0) is 4.74 Å². The second kappa shape index (κ2) is 8.42. The molecule has 0 saturated carbocycles. The summed E-state index contributed by atoms with van der Waals surface area (Å²) < 4.78 is 5.39. The second-order valence-electron chi connectivity index (χ2n) is 5.93. The lowest BCUT2D eigenvalue weighted by Crippen LogP contribution is -2.45. The molecular weight excluding hydrogens is 318 g/mol. The van der Waals surface area contributed by atoms with Crippen molar-refractivity contribution in [1.82, 2.24) is 10.2 Å². The molecule has 2 aromatic rings. The molecule has 0 aliphatic carbocycles. The fraction of sp³-hybridized carbons (Fsp3) is 0.421. The van der Waals surface area contributed by atoms with Crippen molar-refractivity contribution in [3.8, 4) is 0 Å². The van der Waals surface area contributed by atoms with E-state index in [4.69, 9.17) is 17.0 Å². The van der Waals surface area contributed by atoms with Gasteiger partial charge in [-0.3, -0.25) is 4.90 Å². The summed E-state index contributed by atoms with van der Waals surface area (Å²) in [5.74, 6) is 0. The molecule has 0 atom stereocenters. The van der Waals surface area contributed by atoms with Crippen LogP contribution in [0, 0.1) is 0 Å². The number of benzene rings is 2. The summed E-state index contributed by atoms with van der Waals surface area (Å²) in [6, 6.07) is 14.8. The lowest BCUT2D eigenvalue weighted by molar-refractivity contribution is 0.0389. The third kappa shape index (κ3) is 4.04. The zero-order chi connectivity index (χ0) is 16.8. The maximum atomic E-state index is 5.66. The molecule has 0 unspecified atom stereocenters. The summed E-state index contributed by atoms with van der Waals surface area (Å²) in [6.45, 7) is 8.53. The molecule has 0 bridgehead atoms. The highest BCUT2D eigenvalue weighted by Crippen LogP contribution is 2.26. The molecule has 0 spiro atoms. The average molecular weight is 343 g/mol. The van der Waals surface area contributed by atoms with Gasteiger partial charge in [0.1, 0.15) is 0 Å². The Morgan fingerprint density at radius 2 is 1.92 bits per heavy atom. The molecule has 2 aromatic carbocycles. The standard InChI is InChI=1S/C19H25N3OS/c1-2-22(18-9-5-7-16-6-3-4-8-17(16)18)19(24)20-10-11-21-12-14-23-15-13-21/h3-9H,2,10-15H2,1H3,(H,20,24). The molecule has 1 saturated heterocycles. The minimum Gasteiger partial charge on any atom is -0.379 e. The second-order valence-corrected chi connectivity index (χ2v) is 6.32. The Bertz CT molecular complexity index is 680. The normalized spacial score (nSPS) is 15.4. The Morgan fingerprint density at radius 1 is 1.17 bits per heavy atom. The predicted molar refractivity (Wildman–Crippen MR) is 105 cm³/mol. The van der Waals surface area contributed by atoms with Gasteiger partial charge in [-0.05, 0) is 30.6 Å². The lowest BCUT2D eigenvalue weighted by Gasteiger charge is -2.29. The molecule has 3 rings (SSSR count). The summed E-state index contributed by atoms with van der Waals surface area (Å²) in [5.41, 5.74) is 1.17. The lowest BCUT2D eigenvalue weighted by atomic mass is 10.1. The Kier molecular flexibility index (Phi) is 6.01. The molecule has 24 heavy (non-hydrogen) atoms. The van der Waals surface area contributed by atoms with Crippen LogP contribution >= 0.6 is 12.2 Å². The van der Waals surface area contributed by atoms with Gasteiger partial charge in [-0.25, -0.2) is 0 Å². The first-order valence-electron chi connectivity index (χ1n) is 8.63. The molecule has 0 amide bonds. The first-order valence-corrected chi connectivity index (χ1v) is 9.03. The van der Waals surface area contributed by atoms with Crippen LogP contribution in [0.25, 0.3) is 10.8 Å². The average Bonchev–Trinajstić information content (AvgIpc) is 2.63. The molecule has 4 nitrogen and oxygen atoms in total. The van der Waals surface area contributed by atoms with Crippen LogP contribution in [0.1, 0.15) is 6.92 Å². The van der Waals surface area contributed by atoms with Crippen molar-refractivity contribution in [2.45, 2.75) is 6.92 Å². The summed E-state index contributed by atoms with van der Waals surface area (Å²) in [4.78, 5) is 4.59. The zero-order valence-corrected chi connectivity index (χ0v) is 15.0. The molecule has 1 aliphatic heterocycles. The van der Waals surface area contributed by atoms with E-state index in [0.29, 0.717) is 0 Å². The van der Waals surface area contributed by atoms with Gasteiger partial charge >= 0.3 is 0 Å². The van der Waals surface area contributed by atoms with E-state index in [1.165, 1.54) is 16.5 Å². The highest BCUT2D eigenvalue weighted by Gasteiger charge is 2.14. The minimum absolute atomic E-state index is 0.794. The van der Waals surface area contributed by atoms with Crippen molar-refractivity contribution in [2.24, 2.45) is 0 Å². The molecule has 1 aliphatic rings. The van der Waals surface area contributed by atoms with Crippen molar-refractivity contribution in [3.05, 3.63) is 42.5 Å². The largest absolute Gasteiger partial charge is 0.379 e. The van der Waals surface area contributed by atoms with E-state index in [2.05, 4.69) is 64.5 Å². The summed E-state index contributed by atoms with van der Waals surface area (Å²) in [7, 11) is 0. The number of morpholine rings is 1. The number of thiocarbonyl (C=S) groups is 1. The van der Waals surface area contributed by atoms with Crippen molar-refractivity contribution < 1.29 is 4.74 Å². The van der Waals surface area contributed by atoms with Crippen molar-refractivity contribution in [3.63, 3.8) is 0 Å². The number of hydrogen-bond acceptors (Lipinski definition) is 3. The molecule has 0 radical (unpaired) electrons. The van der Waals surface area contributed by atoms with E-state index in [0.717, 1.165) is 51.0 Å². The minimum atomic E-state index is 0.794. The maximum absolute atomic E-state index is 5.66. The number of nitrogens with one attached hydrogen (secondary N) is 1. The third-order valence-corrected chi connectivity index (χ3v) is 4.79. The van der Waals surface area contributed by atoms with Crippen LogP contribution in [0.2, 0.25) is 0 Å². The first-order chi connectivity index (χ1) is 11.8. The van der Waals surface area contributed by atoms with Gasteiger partial charge in [0.2, 0.25) is 0 Å². The van der Waals surface area contributed by atoms with E-state index >= 15 is 0 Å². The van der Waals surface area contributed by atoms with Gasteiger partial charge in [-0.15, -0.1) is 0 Å². The van der Waals surface area contributed by atoms with E-state index in [1.54, 1.807) is 0 Å². The van der Waals surface area contributed by atoms with Gasteiger partial charge in [0.15, 0.2) is 5.11 Å². The van der Waals surface area contributed by atoms with Crippen molar-refractivity contribution in [2.75, 3.05) is 50.8 Å². The Hall–Kier alpha value is -1.69. The van der Waals surface area contributed by atoms with Crippen molar-refractivity contribution >= 4 is 33.8 Å². The quantitative estimate of drug-likeness (QED) is 0.843. The van der Waals surface area contributed by atoms with Crippen LogP contribution < -0.4 is 10.2 Å². The van der Waals surface area contributed by atoms with Gasteiger partial charge in [-0.2, -0.15) is 0 Å². The molecule has 1 heterocycles. The number of hydrogen-bond donors (Lipinski definition) is 1. The molecule has 1 N–H and O–H groups in total. The van der Waals surface area contributed by atoms with Gasteiger partial charge in [0.25, 0.3) is 0 Å². The Balaban J connectivity index is 1.65. The van der Waals surface area contributed by atoms with E-state index in [9.17, 15) is 0 Å². The SMILES string of the molecule is CCN(C(=S)NCCN1CCOCC1)c1cccc2ccccc12. The molecule has 0 aromatic heterocycles. The van der Waals surface area contributed by atoms with Crippen LogP contribution in [0.3, 0.4) is 0 Å². The number of ether oxygens (including phenoxy) is 1. The Labute approximate surface area is 149 Å². The number of nitrogens with zero attached hydrogens (tertiary/aromatic N) is 2. The number of rotatable bonds is 5. The first kappa shape index (κ1) is 17.1. The van der Waals surface area contributed by atoms with Crippen LogP contribution in [0.15, 0.2) is 42.5 Å². The fourth-order valence-corrected chi connectivity index (χ4v) is 3.44. The van der Waals surface area contributed by atoms with E-state index in [-0.39, 0.29) is 0 Å². The van der Waals surface area contributed by atoms with Gasteiger partial charge in [0, 0.05) is 38.1 Å². The topological polar surface area (TPSA) is 27.7 Å². The molecule has 1 fully saturated rings. The smallest absolute Gasteiger partial charge is 0.173 e. The highest BCUT2D eigenvalue weighted by molar-refractivity contribution is 7.80. The predicted octanol–water partition coefficient (Wildman–Crippen LogP) is 2.87. The zero-order valence-electron chi connectivity index (χ0n) is 14.2. The van der Waals surface area contributed by atoms with Gasteiger partial charge in [-0.1, -0.05) is 36.4 Å². The number of anilines is 1. The molecular formula is C19H25N3OS.